The van der Waals surface area contributed by atoms with E-state index in [0.29, 0.717) is 6.04 Å². The van der Waals surface area contributed by atoms with Gasteiger partial charge >= 0.3 is 10.5 Å². The third-order valence-corrected chi connectivity index (χ3v) is 4.89. The second-order valence-corrected chi connectivity index (χ2v) is 7.49. The van der Waals surface area contributed by atoms with Crippen LogP contribution in [-0.4, -0.2) is 26.4 Å². The maximum absolute atomic E-state index is 12.6. The smallest absolute Gasteiger partial charge is 0.382 e. The molecule has 27 heavy (non-hydrogen) atoms. The molecule has 3 rings (SSSR count). The topological polar surface area (TPSA) is 84.5 Å². The van der Waals surface area contributed by atoms with E-state index in [1.807, 2.05) is 30.3 Å². The lowest BCUT2D eigenvalue weighted by atomic mass is 9.90. The molecule has 0 bridgehead atoms. The molecule has 0 heterocycles. The van der Waals surface area contributed by atoms with Gasteiger partial charge in [-0.2, -0.15) is 8.42 Å². The van der Waals surface area contributed by atoms with Gasteiger partial charge in [0.1, 0.15) is 5.75 Å². The van der Waals surface area contributed by atoms with Crippen molar-refractivity contribution in [3.63, 3.8) is 0 Å². The molecule has 1 aliphatic carbocycles. The van der Waals surface area contributed by atoms with Gasteiger partial charge in [-0.05, 0) is 56.0 Å². The number of para-hydroxylation sites is 1. The number of rotatable bonds is 6. The predicted molar refractivity (Wildman–Crippen MR) is 101 cm³/mol. The molecule has 0 aliphatic heterocycles. The van der Waals surface area contributed by atoms with E-state index in [4.69, 9.17) is 0 Å². The van der Waals surface area contributed by atoms with Gasteiger partial charge in [0.25, 0.3) is 5.91 Å². The Balaban J connectivity index is 1.51. The van der Waals surface area contributed by atoms with Crippen LogP contribution >= 0.6 is 0 Å². The SMILES string of the molecule is O=C(NC1CCC(Nc2ccccc2)CC1)c1cccc(OS(=O)(=O)F)c1. The highest BCUT2D eigenvalue weighted by molar-refractivity contribution is 7.81. The lowest BCUT2D eigenvalue weighted by Crippen LogP contribution is -2.40. The summed E-state index contributed by atoms with van der Waals surface area (Å²) in [6, 6.07) is 15.9. The zero-order valence-electron chi connectivity index (χ0n) is 14.6. The van der Waals surface area contributed by atoms with Crippen LogP contribution in [0.25, 0.3) is 0 Å². The van der Waals surface area contributed by atoms with Gasteiger partial charge in [0.2, 0.25) is 0 Å². The number of carbonyl (C=O) groups is 1. The summed E-state index contributed by atoms with van der Waals surface area (Å²) >= 11 is 0. The summed E-state index contributed by atoms with van der Waals surface area (Å²) in [6.45, 7) is 0. The van der Waals surface area contributed by atoms with Crippen LogP contribution in [0.2, 0.25) is 0 Å². The van der Waals surface area contributed by atoms with Crippen molar-refractivity contribution in [2.24, 2.45) is 0 Å². The fourth-order valence-corrected chi connectivity index (χ4v) is 3.56. The van der Waals surface area contributed by atoms with Gasteiger partial charge in [0, 0.05) is 23.3 Å². The minimum absolute atomic E-state index is 0.0424. The molecule has 1 aliphatic rings. The number of nitrogens with one attached hydrogen (secondary N) is 2. The van der Waals surface area contributed by atoms with Crippen molar-refractivity contribution in [3.8, 4) is 5.75 Å². The third-order valence-electron chi connectivity index (χ3n) is 4.50. The van der Waals surface area contributed by atoms with Crippen molar-refractivity contribution < 1.29 is 21.3 Å². The molecule has 0 aromatic heterocycles. The number of anilines is 1. The first kappa shape index (κ1) is 19.2. The first-order valence-electron chi connectivity index (χ1n) is 8.75. The number of halogens is 1. The quantitative estimate of drug-likeness (QED) is 0.736. The number of amides is 1. The summed E-state index contributed by atoms with van der Waals surface area (Å²) in [5.41, 5.74) is 1.31. The first-order valence-corrected chi connectivity index (χ1v) is 10.1. The summed E-state index contributed by atoms with van der Waals surface area (Å²) in [5, 5.41) is 6.44. The molecule has 0 atom stereocenters. The normalized spacial score (nSPS) is 19.9. The van der Waals surface area contributed by atoms with E-state index in [0.717, 1.165) is 31.4 Å². The Hall–Kier alpha value is -2.61. The lowest BCUT2D eigenvalue weighted by molar-refractivity contribution is 0.0926. The van der Waals surface area contributed by atoms with Gasteiger partial charge in [-0.25, -0.2) is 0 Å². The summed E-state index contributed by atoms with van der Waals surface area (Å²) < 4.78 is 37.9. The van der Waals surface area contributed by atoms with Crippen molar-refractivity contribution in [3.05, 3.63) is 60.2 Å². The zero-order valence-corrected chi connectivity index (χ0v) is 15.4. The van der Waals surface area contributed by atoms with Crippen molar-refractivity contribution in [2.75, 3.05) is 5.32 Å². The lowest BCUT2D eigenvalue weighted by Gasteiger charge is -2.30. The van der Waals surface area contributed by atoms with Crippen molar-refractivity contribution in [1.29, 1.82) is 0 Å². The Kier molecular flexibility index (Phi) is 5.95. The Labute approximate surface area is 158 Å². The highest BCUT2D eigenvalue weighted by Gasteiger charge is 2.23. The molecule has 6 nitrogen and oxygen atoms in total. The van der Waals surface area contributed by atoms with Crippen LogP contribution in [0, 0.1) is 0 Å². The van der Waals surface area contributed by atoms with E-state index >= 15 is 0 Å². The average Bonchev–Trinajstić information content (AvgIpc) is 2.63. The highest BCUT2D eigenvalue weighted by Crippen LogP contribution is 2.23. The summed E-state index contributed by atoms with van der Waals surface area (Å²) in [6.07, 6.45) is 3.54. The largest absolute Gasteiger partial charge is 0.488 e. The molecule has 2 aromatic carbocycles. The molecule has 0 spiro atoms. The molecular formula is C19H21FN2O4S. The molecule has 0 saturated heterocycles. The van der Waals surface area contributed by atoms with E-state index in [1.165, 1.54) is 24.3 Å². The fraction of sp³-hybridized carbons (Fsp3) is 0.316. The summed E-state index contributed by atoms with van der Waals surface area (Å²) in [5.74, 6) is -0.572. The maximum atomic E-state index is 12.6. The molecule has 1 saturated carbocycles. The number of carbonyl (C=O) groups excluding carboxylic acids is 1. The number of hydrogen-bond donors (Lipinski definition) is 2. The average molecular weight is 392 g/mol. The third kappa shape index (κ3) is 5.96. The van der Waals surface area contributed by atoms with Gasteiger partial charge in [0.15, 0.2) is 0 Å². The number of benzene rings is 2. The molecule has 8 heteroatoms. The second kappa shape index (κ2) is 8.39. The molecule has 144 valence electrons. The van der Waals surface area contributed by atoms with Crippen molar-refractivity contribution >= 4 is 22.1 Å². The van der Waals surface area contributed by atoms with Gasteiger partial charge in [-0.3, -0.25) is 4.79 Å². The minimum Gasteiger partial charge on any atom is -0.382 e. The Morgan fingerprint density at radius 2 is 1.63 bits per heavy atom. The fourth-order valence-electron chi connectivity index (χ4n) is 3.23. The Morgan fingerprint density at radius 1 is 0.963 bits per heavy atom. The predicted octanol–water partition coefficient (Wildman–Crippen LogP) is 3.43. The van der Waals surface area contributed by atoms with Crippen molar-refractivity contribution in [2.45, 2.75) is 37.8 Å². The van der Waals surface area contributed by atoms with E-state index < -0.39 is 10.5 Å². The molecule has 1 amide bonds. The van der Waals surface area contributed by atoms with E-state index in [1.54, 1.807) is 0 Å². The van der Waals surface area contributed by atoms with Gasteiger partial charge in [-0.15, -0.1) is 0 Å². The molecule has 2 aromatic rings. The monoisotopic (exact) mass is 392 g/mol. The van der Waals surface area contributed by atoms with E-state index in [9.17, 15) is 17.1 Å². The van der Waals surface area contributed by atoms with Crippen LogP contribution in [0.3, 0.4) is 0 Å². The van der Waals surface area contributed by atoms with E-state index in [2.05, 4.69) is 14.8 Å². The molecule has 0 unspecified atom stereocenters. The molecule has 0 radical (unpaired) electrons. The molecular weight excluding hydrogens is 371 g/mol. The molecule has 1 fully saturated rings. The summed E-state index contributed by atoms with van der Waals surface area (Å²) in [4.78, 5) is 12.4. The van der Waals surface area contributed by atoms with Gasteiger partial charge in [0.05, 0.1) is 0 Å². The first-order chi connectivity index (χ1) is 12.9. The van der Waals surface area contributed by atoms with Crippen LogP contribution in [0.5, 0.6) is 5.75 Å². The summed E-state index contributed by atoms with van der Waals surface area (Å²) in [7, 11) is -5.12. The Morgan fingerprint density at radius 3 is 2.30 bits per heavy atom. The van der Waals surface area contributed by atoms with Crippen LogP contribution < -0.4 is 14.8 Å². The maximum Gasteiger partial charge on any atom is 0.488 e. The van der Waals surface area contributed by atoms with E-state index in [-0.39, 0.29) is 23.3 Å². The zero-order chi connectivity index (χ0) is 19.3. The van der Waals surface area contributed by atoms with Crippen LogP contribution in [0.15, 0.2) is 54.6 Å². The highest BCUT2D eigenvalue weighted by atomic mass is 32.3. The van der Waals surface area contributed by atoms with Gasteiger partial charge in [-0.1, -0.05) is 28.2 Å². The van der Waals surface area contributed by atoms with Crippen LogP contribution in [0.4, 0.5) is 9.57 Å². The van der Waals surface area contributed by atoms with Gasteiger partial charge < -0.3 is 14.8 Å². The number of hydrogen-bond acceptors (Lipinski definition) is 5. The second-order valence-electron chi connectivity index (χ2n) is 6.54. The Bertz CT molecular complexity index is 882. The molecule has 2 N–H and O–H groups in total. The van der Waals surface area contributed by atoms with Crippen LogP contribution in [0.1, 0.15) is 36.0 Å². The standard InChI is InChI=1S/C19H21FN2O4S/c20-27(24,25)26-18-8-4-5-14(13-18)19(23)22-17-11-9-16(10-12-17)21-15-6-2-1-3-7-15/h1-8,13,16-17,21H,9-12H2,(H,22,23). The van der Waals surface area contributed by atoms with Crippen LogP contribution in [-0.2, 0) is 10.5 Å². The minimum atomic E-state index is -5.12. The van der Waals surface area contributed by atoms with Crippen molar-refractivity contribution in [1.82, 2.24) is 5.32 Å².